The number of hydrogen-bond donors (Lipinski definition) is 1. The van der Waals surface area contributed by atoms with Crippen molar-refractivity contribution in [2.75, 3.05) is 12.8 Å². The normalized spacial score (nSPS) is 12.0. The number of halogens is 4. The number of carbonyl (C=O) groups excluding carboxylic acids is 2. The van der Waals surface area contributed by atoms with Crippen molar-refractivity contribution in [3.05, 3.63) is 95.8 Å². The molecule has 1 heterocycles. The SMILES string of the molecule is COC(=O)C(=O)Cc1ccc(-c2cc(OC(c3ccc(-c4cccc(F)c4)cc3)C(F)(F)F)nc(N)n2)cc1. The molecule has 0 amide bonds. The predicted molar refractivity (Wildman–Crippen MR) is 134 cm³/mol. The number of nitrogen functional groups attached to an aromatic ring is 1. The van der Waals surface area contributed by atoms with Crippen molar-refractivity contribution >= 4 is 17.7 Å². The first-order valence-electron chi connectivity index (χ1n) is 11.5. The largest absolute Gasteiger partial charge is 0.463 e. The molecule has 0 aliphatic rings. The fourth-order valence-electron chi connectivity index (χ4n) is 3.78. The summed E-state index contributed by atoms with van der Waals surface area (Å²) in [5.74, 6) is -2.87. The topological polar surface area (TPSA) is 104 Å². The van der Waals surface area contributed by atoms with E-state index in [4.69, 9.17) is 10.5 Å². The minimum atomic E-state index is -4.80. The number of anilines is 1. The first-order valence-corrected chi connectivity index (χ1v) is 11.5. The average molecular weight is 539 g/mol. The van der Waals surface area contributed by atoms with Crippen LogP contribution in [0.3, 0.4) is 0 Å². The Bertz CT molecular complexity index is 1490. The Morgan fingerprint density at radius 3 is 2.18 bits per heavy atom. The molecule has 1 unspecified atom stereocenters. The van der Waals surface area contributed by atoms with E-state index in [0.717, 1.165) is 7.11 Å². The third kappa shape index (κ3) is 6.75. The van der Waals surface area contributed by atoms with Gasteiger partial charge in [-0.1, -0.05) is 60.7 Å². The van der Waals surface area contributed by atoms with Gasteiger partial charge in [-0.15, -0.1) is 0 Å². The lowest BCUT2D eigenvalue weighted by atomic mass is 10.0. The Kier molecular flexibility index (Phi) is 7.89. The molecule has 200 valence electrons. The molecule has 0 aliphatic carbocycles. The van der Waals surface area contributed by atoms with E-state index < -0.39 is 35.7 Å². The van der Waals surface area contributed by atoms with Crippen molar-refractivity contribution in [3.63, 3.8) is 0 Å². The van der Waals surface area contributed by atoms with Gasteiger partial charge < -0.3 is 15.2 Å². The number of nitrogens with two attached hydrogens (primary N) is 1. The number of alkyl halides is 3. The zero-order valence-corrected chi connectivity index (χ0v) is 20.4. The van der Waals surface area contributed by atoms with Gasteiger partial charge in [0.15, 0.2) is 0 Å². The van der Waals surface area contributed by atoms with E-state index in [1.54, 1.807) is 30.3 Å². The summed E-state index contributed by atoms with van der Waals surface area (Å²) in [6.45, 7) is 0. The van der Waals surface area contributed by atoms with Crippen LogP contribution >= 0.6 is 0 Å². The quantitative estimate of drug-likeness (QED) is 0.179. The summed E-state index contributed by atoms with van der Waals surface area (Å²) in [5, 5.41) is 0. The fraction of sp³-hybridized carbons (Fsp3) is 0.143. The number of Topliss-reactive ketones (excluding diaryl/α,β-unsaturated/α-hetero) is 1. The molecule has 3 aromatic carbocycles. The van der Waals surface area contributed by atoms with Gasteiger partial charge >= 0.3 is 12.1 Å². The Morgan fingerprint density at radius 1 is 0.897 bits per heavy atom. The zero-order chi connectivity index (χ0) is 28.2. The van der Waals surface area contributed by atoms with E-state index in [2.05, 4.69) is 14.7 Å². The number of benzene rings is 3. The van der Waals surface area contributed by atoms with Crippen molar-refractivity contribution in [1.29, 1.82) is 0 Å². The van der Waals surface area contributed by atoms with Gasteiger partial charge in [-0.25, -0.2) is 14.2 Å². The van der Waals surface area contributed by atoms with E-state index in [0.29, 0.717) is 22.3 Å². The summed E-state index contributed by atoms with van der Waals surface area (Å²) in [7, 11) is 1.11. The second-order valence-electron chi connectivity index (χ2n) is 8.41. The first-order chi connectivity index (χ1) is 18.5. The van der Waals surface area contributed by atoms with Crippen molar-refractivity contribution in [2.24, 2.45) is 0 Å². The molecule has 4 aromatic rings. The Labute approximate surface area is 220 Å². The number of carbonyl (C=O) groups is 2. The predicted octanol–water partition coefficient (Wildman–Crippen LogP) is 5.50. The van der Waals surface area contributed by atoms with Gasteiger partial charge in [0.2, 0.25) is 23.7 Å². The fourth-order valence-corrected chi connectivity index (χ4v) is 3.78. The number of nitrogens with zero attached hydrogens (tertiary/aromatic N) is 2. The van der Waals surface area contributed by atoms with Crippen LogP contribution in [0.15, 0.2) is 78.9 Å². The summed E-state index contributed by atoms with van der Waals surface area (Å²) < 4.78 is 65.2. The maximum absolute atomic E-state index is 14.0. The molecule has 11 heteroatoms. The van der Waals surface area contributed by atoms with Gasteiger partial charge in [0.1, 0.15) is 5.82 Å². The van der Waals surface area contributed by atoms with E-state index in [1.165, 1.54) is 48.5 Å². The van der Waals surface area contributed by atoms with Crippen molar-refractivity contribution in [1.82, 2.24) is 9.97 Å². The van der Waals surface area contributed by atoms with Crippen LogP contribution in [0.1, 0.15) is 17.2 Å². The summed E-state index contributed by atoms with van der Waals surface area (Å²) in [6, 6.07) is 18.6. The molecule has 0 saturated carbocycles. The number of methoxy groups -OCH3 is 1. The molecular formula is C28H21F4N3O4. The molecule has 0 bridgehead atoms. The monoisotopic (exact) mass is 539 g/mol. The van der Waals surface area contributed by atoms with Crippen LogP contribution < -0.4 is 10.5 Å². The second kappa shape index (κ2) is 11.3. The molecule has 7 nitrogen and oxygen atoms in total. The van der Waals surface area contributed by atoms with Crippen LogP contribution in [0.5, 0.6) is 5.88 Å². The number of hydrogen-bond acceptors (Lipinski definition) is 7. The van der Waals surface area contributed by atoms with Gasteiger partial charge in [-0.05, 0) is 28.8 Å². The second-order valence-corrected chi connectivity index (χ2v) is 8.41. The highest BCUT2D eigenvalue weighted by Gasteiger charge is 2.43. The van der Waals surface area contributed by atoms with Crippen molar-refractivity contribution in [3.8, 4) is 28.3 Å². The van der Waals surface area contributed by atoms with E-state index in [-0.39, 0.29) is 23.6 Å². The molecular weight excluding hydrogens is 518 g/mol. The lowest BCUT2D eigenvalue weighted by Crippen LogP contribution is -2.26. The molecule has 0 fully saturated rings. The zero-order valence-electron chi connectivity index (χ0n) is 20.4. The van der Waals surface area contributed by atoms with Gasteiger partial charge in [0.25, 0.3) is 0 Å². The number of esters is 1. The average Bonchev–Trinajstić information content (AvgIpc) is 2.91. The molecule has 1 atom stereocenters. The summed E-state index contributed by atoms with van der Waals surface area (Å²) in [4.78, 5) is 31.0. The molecule has 0 spiro atoms. The highest BCUT2D eigenvalue weighted by Crippen LogP contribution is 2.38. The molecule has 0 saturated heterocycles. The van der Waals surface area contributed by atoms with Gasteiger partial charge in [0, 0.05) is 23.6 Å². The molecule has 39 heavy (non-hydrogen) atoms. The Morgan fingerprint density at radius 2 is 1.56 bits per heavy atom. The summed E-state index contributed by atoms with van der Waals surface area (Å²) in [5.41, 5.74) is 7.77. The van der Waals surface area contributed by atoms with Gasteiger partial charge in [0.05, 0.1) is 12.8 Å². The van der Waals surface area contributed by atoms with Gasteiger partial charge in [-0.3, -0.25) is 4.79 Å². The van der Waals surface area contributed by atoms with Crippen LogP contribution in [0.25, 0.3) is 22.4 Å². The minimum absolute atomic E-state index is 0.182. The van der Waals surface area contributed by atoms with Crippen LogP contribution in [0.2, 0.25) is 0 Å². The van der Waals surface area contributed by atoms with Crippen LogP contribution in [-0.2, 0) is 20.7 Å². The van der Waals surface area contributed by atoms with Crippen LogP contribution in [0, 0.1) is 5.82 Å². The molecule has 4 rings (SSSR count). The van der Waals surface area contributed by atoms with Crippen molar-refractivity contribution in [2.45, 2.75) is 18.7 Å². The lowest BCUT2D eigenvalue weighted by molar-refractivity contribution is -0.198. The lowest BCUT2D eigenvalue weighted by Gasteiger charge is -2.22. The van der Waals surface area contributed by atoms with E-state index in [1.807, 2.05) is 0 Å². The summed E-state index contributed by atoms with van der Waals surface area (Å²) >= 11 is 0. The number of rotatable bonds is 8. The highest BCUT2D eigenvalue weighted by molar-refractivity contribution is 6.34. The standard InChI is InChI=1S/C28H21F4N3O4/c1-38-26(37)23(36)13-16-5-7-18(8-6-16)22-15-24(35-27(33)34-22)39-25(28(30,31)32)19-11-9-17(10-12-19)20-3-2-4-21(29)14-20/h2-12,14-15,25H,13H2,1H3,(H2,33,34,35). The smallest absolute Gasteiger partial charge is 0.429 e. The number of ether oxygens (including phenoxy) is 2. The first kappa shape index (κ1) is 27.2. The number of ketones is 1. The number of aromatic nitrogens is 2. The van der Waals surface area contributed by atoms with E-state index in [9.17, 15) is 27.2 Å². The maximum atomic E-state index is 14.0. The third-order valence-electron chi connectivity index (χ3n) is 5.65. The molecule has 0 radical (unpaired) electrons. The van der Waals surface area contributed by atoms with E-state index >= 15 is 0 Å². The third-order valence-corrected chi connectivity index (χ3v) is 5.65. The van der Waals surface area contributed by atoms with Crippen molar-refractivity contribution < 1.29 is 36.6 Å². The Balaban J connectivity index is 1.57. The van der Waals surface area contributed by atoms with Gasteiger partial charge in [-0.2, -0.15) is 18.2 Å². The minimum Gasteiger partial charge on any atom is -0.463 e. The maximum Gasteiger partial charge on any atom is 0.429 e. The Hall–Kier alpha value is -4.80. The molecule has 0 aliphatic heterocycles. The van der Waals surface area contributed by atoms with Crippen LogP contribution in [0.4, 0.5) is 23.5 Å². The highest BCUT2D eigenvalue weighted by atomic mass is 19.4. The van der Waals surface area contributed by atoms with Crippen LogP contribution in [-0.4, -0.2) is 35.0 Å². The molecule has 1 aromatic heterocycles. The molecule has 2 N–H and O–H groups in total. The summed E-state index contributed by atoms with van der Waals surface area (Å²) in [6.07, 6.45) is -7.35.